The molecule has 0 unspecified atom stereocenters. The molecule has 0 aromatic heterocycles. The van der Waals surface area contributed by atoms with E-state index < -0.39 is 36.1 Å². The highest BCUT2D eigenvalue weighted by Gasteiger charge is 2.67. The Morgan fingerprint density at radius 2 is 2.13 bits per heavy atom. The van der Waals surface area contributed by atoms with Crippen molar-refractivity contribution in [2.45, 2.75) is 49.3 Å². The highest BCUT2D eigenvalue weighted by molar-refractivity contribution is 8.15. The van der Waals surface area contributed by atoms with Crippen molar-refractivity contribution in [2.24, 2.45) is 10.9 Å². The average molecular weight is 459 g/mol. The summed E-state index contributed by atoms with van der Waals surface area (Å²) in [4.78, 5) is 16.6. The van der Waals surface area contributed by atoms with Gasteiger partial charge in [-0.25, -0.2) is 18.6 Å². The van der Waals surface area contributed by atoms with Gasteiger partial charge in [0.05, 0.1) is 16.9 Å². The summed E-state index contributed by atoms with van der Waals surface area (Å²) in [6.45, 7) is 8.75. The normalized spacial score (nSPS) is 27.8. The van der Waals surface area contributed by atoms with Gasteiger partial charge in [0.15, 0.2) is 11.6 Å². The first-order chi connectivity index (χ1) is 14.0. The molecule has 30 heavy (non-hydrogen) atoms. The topological polar surface area (TPSA) is 80.2 Å². The highest BCUT2D eigenvalue weighted by atomic mass is 32.2. The van der Waals surface area contributed by atoms with E-state index in [1.54, 1.807) is 6.92 Å². The van der Waals surface area contributed by atoms with Gasteiger partial charge in [-0.3, -0.25) is 5.32 Å². The maximum absolute atomic E-state index is 14.5. The molecule has 0 radical (unpaired) electrons. The molecule has 0 spiro atoms. The second-order valence-corrected chi connectivity index (χ2v) is 16.1. The molecule has 1 saturated carbocycles. The lowest BCUT2D eigenvalue weighted by molar-refractivity contribution is 0.120. The number of aliphatic hydroxyl groups is 1. The van der Waals surface area contributed by atoms with Crippen LogP contribution in [0.1, 0.15) is 18.9 Å². The van der Waals surface area contributed by atoms with Gasteiger partial charge in [0.25, 0.3) is 5.23 Å². The second-order valence-electron chi connectivity index (χ2n) is 9.14. The van der Waals surface area contributed by atoms with Gasteiger partial charge in [-0.15, -0.1) is 0 Å². The molecule has 1 aliphatic carbocycles. The van der Waals surface area contributed by atoms with Crippen molar-refractivity contribution in [3.63, 3.8) is 0 Å². The van der Waals surface area contributed by atoms with Crippen molar-refractivity contribution < 1.29 is 28.2 Å². The standard InChI is InChI=1S/C20H28F2N2O4SSi/c1-19(13-6-5-7-14(21)16(13)22)15-10-20(15,11-25)29-18(24-19)28-17(26)23-12-27-8-9-30(2,3)4/h5-7,15,25H,8-12H2,1-4H3,(H,23,26)/t15-,19+,20+/m0/s1. The van der Waals surface area contributed by atoms with E-state index in [2.05, 4.69) is 30.0 Å². The van der Waals surface area contributed by atoms with Crippen LogP contribution in [0.5, 0.6) is 0 Å². The molecule has 1 aromatic rings. The summed E-state index contributed by atoms with van der Waals surface area (Å²) in [7, 11) is -1.21. The zero-order valence-electron chi connectivity index (χ0n) is 17.6. The Morgan fingerprint density at radius 1 is 1.40 bits per heavy atom. The van der Waals surface area contributed by atoms with Gasteiger partial charge in [0.2, 0.25) is 0 Å². The first kappa shape index (κ1) is 23.2. The van der Waals surface area contributed by atoms with Crippen LogP contribution in [0, 0.1) is 17.6 Å². The van der Waals surface area contributed by atoms with E-state index in [9.17, 15) is 18.7 Å². The van der Waals surface area contributed by atoms with Crippen LogP contribution in [0.25, 0.3) is 0 Å². The molecule has 3 rings (SSSR count). The number of aliphatic imine (C=N–C) groups is 1. The number of nitrogens with one attached hydrogen (secondary N) is 1. The molecular weight excluding hydrogens is 430 g/mol. The average Bonchev–Trinajstić information content (AvgIpc) is 3.39. The lowest BCUT2D eigenvalue weighted by Gasteiger charge is -2.33. The number of halogens is 2. The first-order valence-corrected chi connectivity index (χ1v) is 14.4. The number of fused-ring (bicyclic) bond motifs is 1. The molecule has 2 N–H and O–H groups in total. The van der Waals surface area contributed by atoms with E-state index in [0.29, 0.717) is 13.0 Å². The van der Waals surface area contributed by atoms with Gasteiger partial charge in [0.1, 0.15) is 6.73 Å². The number of alkyl carbamates (subject to hydrolysis) is 1. The van der Waals surface area contributed by atoms with E-state index in [1.807, 2.05) is 0 Å². The number of hydrogen-bond donors (Lipinski definition) is 2. The quantitative estimate of drug-likeness (QED) is 0.366. The van der Waals surface area contributed by atoms with Crippen LogP contribution in [0.4, 0.5) is 13.6 Å². The molecule has 0 bridgehead atoms. The predicted octanol–water partition coefficient (Wildman–Crippen LogP) is 4.07. The minimum absolute atomic E-state index is 0.00478. The van der Waals surface area contributed by atoms with Crippen molar-refractivity contribution in [2.75, 3.05) is 19.9 Å². The van der Waals surface area contributed by atoms with Gasteiger partial charge < -0.3 is 14.6 Å². The van der Waals surface area contributed by atoms with E-state index in [1.165, 1.54) is 12.1 Å². The zero-order chi connectivity index (χ0) is 22.2. The number of carbonyl (C=O) groups excluding carboxylic acids is 1. The van der Waals surface area contributed by atoms with Crippen LogP contribution in [0.3, 0.4) is 0 Å². The largest absolute Gasteiger partial charge is 0.416 e. The van der Waals surface area contributed by atoms with Gasteiger partial charge in [0, 0.05) is 26.2 Å². The summed E-state index contributed by atoms with van der Waals surface area (Å²) >= 11 is 1.16. The highest BCUT2D eigenvalue weighted by Crippen LogP contribution is 2.66. The SMILES string of the molecule is C[C@]1(c2cccc(F)c2F)N=C(OC(=O)NCOCC[Si](C)(C)C)S[C@@]2(CO)C[C@H]21. The number of carbonyl (C=O) groups is 1. The van der Waals surface area contributed by atoms with Crippen LogP contribution in [0.15, 0.2) is 23.2 Å². The zero-order valence-corrected chi connectivity index (χ0v) is 19.4. The fourth-order valence-corrected chi connectivity index (χ4v) is 5.79. The minimum atomic E-state index is -1.21. The van der Waals surface area contributed by atoms with Crippen LogP contribution in [-0.4, -0.2) is 49.2 Å². The molecule has 1 fully saturated rings. The summed E-state index contributed by atoms with van der Waals surface area (Å²) < 4.78 is 38.4. The number of thioether (sulfide) groups is 1. The maximum Gasteiger partial charge on any atom is 0.416 e. The lowest BCUT2D eigenvalue weighted by atomic mass is 9.86. The van der Waals surface area contributed by atoms with Crippen molar-refractivity contribution in [1.82, 2.24) is 5.32 Å². The Balaban J connectivity index is 1.69. The lowest BCUT2D eigenvalue weighted by Crippen LogP contribution is -2.38. The molecule has 2 aliphatic rings. The molecule has 3 atom stereocenters. The number of amides is 1. The number of aliphatic hydroxyl groups excluding tert-OH is 1. The Hall–Kier alpha value is -1.49. The number of ether oxygens (including phenoxy) is 2. The van der Waals surface area contributed by atoms with E-state index in [0.717, 1.165) is 23.9 Å². The van der Waals surface area contributed by atoms with Crippen LogP contribution in [0.2, 0.25) is 25.7 Å². The van der Waals surface area contributed by atoms with Crippen molar-refractivity contribution >= 4 is 31.2 Å². The third-order valence-corrected chi connectivity index (χ3v) is 8.62. The minimum Gasteiger partial charge on any atom is -0.395 e. The van der Waals surface area contributed by atoms with Gasteiger partial charge in [-0.1, -0.05) is 43.5 Å². The molecule has 0 saturated heterocycles. The summed E-state index contributed by atoms with van der Waals surface area (Å²) in [6, 6.07) is 4.92. The Bertz CT molecular complexity index is 851. The smallest absolute Gasteiger partial charge is 0.395 e. The fourth-order valence-electron chi connectivity index (χ4n) is 3.64. The summed E-state index contributed by atoms with van der Waals surface area (Å²) in [6.07, 6.45) is -0.193. The van der Waals surface area contributed by atoms with Gasteiger partial charge >= 0.3 is 6.09 Å². The Kier molecular flexibility index (Phi) is 6.62. The van der Waals surface area contributed by atoms with E-state index in [4.69, 9.17) is 9.47 Å². The maximum atomic E-state index is 14.5. The summed E-state index contributed by atoms with van der Waals surface area (Å²) in [5, 5.41) is 12.4. The number of benzene rings is 1. The van der Waals surface area contributed by atoms with E-state index >= 15 is 0 Å². The number of hydrogen-bond acceptors (Lipinski definition) is 6. The fraction of sp³-hybridized carbons (Fsp3) is 0.600. The second kappa shape index (κ2) is 8.56. The molecule has 166 valence electrons. The monoisotopic (exact) mass is 458 g/mol. The van der Waals surface area contributed by atoms with Crippen molar-refractivity contribution in [3.05, 3.63) is 35.4 Å². The van der Waals surface area contributed by atoms with Gasteiger partial charge in [-0.05, 0) is 25.5 Å². The number of nitrogens with zero attached hydrogens (tertiary/aromatic N) is 1. The molecule has 1 aliphatic heterocycles. The molecule has 1 aromatic carbocycles. The predicted molar refractivity (Wildman–Crippen MR) is 115 cm³/mol. The molecule has 1 amide bonds. The number of rotatable bonds is 7. The Labute approximate surface area is 180 Å². The van der Waals surface area contributed by atoms with Crippen molar-refractivity contribution in [3.8, 4) is 0 Å². The molecule has 6 nitrogen and oxygen atoms in total. The van der Waals surface area contributed by atoms with E-state index in [-0.39, 0.29) is 30.0 Å². The third-order valence-electron chi connectivity index (χ3n) is 5.58. The van der Waals surface area contributed by atoms with Crippen LogP contribution in [-0.2, 0) is 15.0 Å². The van der Waals surface area contributed by atoms with Crippen LogP contribution >= 0.6 is 11.8 Å². The van der Waals surface area contributed by atoms with Crippen LogP contribution < -0.4 is 5.32 Å². The summed E-state index contributed by atoms with van der Waals surface area (Å²) in [5.74, 6) is -2.14. The first-order valence-electron chi connectivity index (χ1n) is 9.88. The van der Waals surface area contributed by atoms with Gasteiger partial charge in [-0.2, -0.15) is 0 Å². The van der Waals surface area contributed by atoms with Crippen molar-refractivity contribution in [1.29, 1.82) is 0 Å². The summed E-state index contributed by atoms with van der Waals surface area (Å²) in [5.41, 5.74) is -1.07. The Morgan fingerprint density at radius 3 is 2.80 bits per heavy atom. The molecule has 1 heterocycles. The molecule has 10 heteroatoms. The third kappa shape index (κ3) is 4.87. The molecular formula is C20H28F2N2O4SSi.